The summed E-state index contributed by atoms with van der Waals surface area (Å²) < 4.78 is 15.5. The Hall–Kier alpha value is -2.84. The zero-order valence-electron chi connectivity index (χ0n) is 15.0. The van der Waals surface area contributed by atoms with Crippen LogP contribution in [0.25, 0.3) is 5.69 Å². The van der Waals surface area contributed by atoms with Gasteiger partial charge >= 0.3 is 0 Å². The van der Waals surface area contributed by atoms with E-state index in [1.165, 1.54) is 12.1 Å². The standard InChI is InChI=1S/C19H18ClFN6O/c20-14-5-7-15(8-6-14)27-18(22-23-24-27)13-25-9-11-26(12-10-25)19(28)16-3-1-2-4-17(16)21/h1-8H,9-13H2. The minimum Gasteiger partial charge on any atom is -0.336 e. The van der Waals surface area contributed by atoms with Gasteiger partial charge in [-0.2, -0.15) is 4.68 Å². The van der Waals surface area contributed by atoms with Gasteiger partial charge in [-0.1, -0.05) is 23.7 Å². The molecule has 1 aliphatic heterocycles. The van der Waals surface area contributed by atoms with Crippen LogP contribution in [-0.2, 0) is 6.54 Å². The molecule has 0 saturated carbocycles. The molecule has 3 aromatic rings. The lowest BCUT2D eigenvalue weighted by atomic mass is 10.1. The lowest BCUT2D eigenvalue weighted by molar-refractivity contribution is 0.0620. The van der Waals surface area contributed by atoms with Crippen molar-refractivity contribution in [1.29, 1.82) is 0 Å². The molecule has 0 bridgehead atoms. The van der Waals surface area contributed by atoms with E-state index in [1.807, 2.05) is 12.1 Å². The highest BCUT2D eigenvalue weighted by Crippen LogP contribution is 2.16. The minimum absolute atomic E-state index is 0.114. The molecular formula is C19H18ClFN6O. The molecule has 1 saturated heterocycles. The number of carbonyl (C=O) groups excluding carboxylic acids is 1. The highest BCUT2D eigenvalue weighted by atomic mass is 35.5. The summed E-state index contributed by atoms with van der Waals surface area (Å²) in [6.45, 7) is 2.92. The molecule has 0 aliphatic carbocycles. The third kappa shape index (κ3) is 3.88. The normalized spacial score (nSPS) is 15.0. The van der Waals surface area contributed by atoms with E-state index in [4.69, 9.17) is 11.6 Å². The number of nitrogens with zero attached hydrogens (tertiary/aromatic N) is 6. The monoisotopic (exact) mass is 400 g/mol. The molecule has 0 radical (unpaired) electrons. The van der Waals surface area contributed by atoms with Crippen LogP contribution >= 0.6 is 11.6 Å². The fourth-order valence-corrected chi connectivity index (χ4v) is 3.33. The smallest absolute Gasteiger partial charge is 0.256 e. The van der Waals surface area contributed by atoms with Gasteiger partial charge in [-0.25, -0.2) is 4.39 Å². The van der Waals surface area contributed by atoms with E-state index in [-0.39, 0.29) is 11.5 Å². The molecule has 144 valence electrons. The van der Waals surface area contributed by atoms with E-state index < -0.39 is 5.82 Å². The van der Waals surface area contributed by atoms with Crippen LogP contribution in [0, 0.1) is 5.82 Å². The Bertz CT molecular complexity index is 969. The fourth-order valence-electron chi connectivity index (χ4n) is 3.20. The summed E-state index contributed by atoms with van der Waals surface area (Å²) >= 11 is 5.94. The van der Waals surface area contributed by atoms with Gasteiger partial charge in [0.2, 0.25) is 0 Å². The number of hydrogen-bond donors (Lipinski definition) is 0. The van der Waals surface area contributed by atoms with E-state index >= 15 is 0 Å². The first-order chi connectivity index (χ1) is 13.6. The Morgan fingerprint density at radius 3 is 2.46 bits per heavy atom. The molecule has 1 aromatic heterocycles. The van der Waals surface area contributed by atoms with Crippen molar-refractivity contribution in [2.24, 2.45) is 0 Å². The van der Waals surface area contributed by atoms with E-state index in [0.29, 0.717) is 43.6 Å². The predicted octanol–water partition coefficient (Wildman–Crippen LogP) is 2.41. The summed E-state index contributed by atoms with van der Waals surface area (Å²) in [6.07, 6.45) is 0. The predicted molar refractivity (Wildman–Crippen MR) is 102 cm³/mol. The average molecular weight is 401 g/mol. The van der Waals surface area contributed by atoms with Gasteiger partial charge in [0.15, 0.2) is 5.82 Å². The molecule has 9 heteroatoms. The quantitative estimate of drug-likeness (QED) is 0.672. The maximum absolute atomic E-state index is 13.9. The number of rotatable bonds is 4. The van der Waals surface area contributed by atoms with Crippen LogP contribution in [-0.4, -0.2) is 62.1 Å². The van der Waals surface area contributed by atoms with Gasteiger partial charge in [-0.15, -0.1) is 5.10 Å². The van der Waals surface area contributed by atoms with Gasteiger partial charge in [0, 0.05) is 31.2 Å². The SMILES string of the molecule is O=C(c1ccccc1F)N1CCN(Cc2nnnn2-c2ccc(Cl)cc2)CC1. The summed E-state index contributed by atoms with van der Waals surface area (Å²) in [5.41, 5.74) is 0.945. The second kappa shape index (κ2) is 8.04. The topological polar surface area (TPSA) is 67.2 Å². The van der Waals surface area contributed by atoms with Crippen molar-refractivity contribution in [2.75, 3.05) is 26.2 Å². The van der Waals surface area contributed by atoms with E-state index in [1.54, 1.807) is 33.8 Å². The highest BCUT2D eigenvalue weighted by Gasteiger charge is 2.25. The minimum atomic E-state index is -0.489. The van der Waals surface area contributed by atoms with Crippen LogP contribution in [0.1, 0.15) is 16.2 Å². The Morgan fingerprint density at radius 1 is 1.04 bits per heavy atom. The first-order valence-corrected chi connectivity index (χ1v) is 9.29. The van der Waals surface area contributed by atoms with Crippen molar-refractivity contribution < 1.29 is 9.18 Å². The summed E-state index contributed by atoms with van der Waals surface area (Å²) in [4.78, 5) is 16.4. The molecule has 28 heavy (non-hydrogen) atoms. The molecule has 2 aromatic carbocycles. The number of halogens is 2. The van der Waals surface area contributed by atoms with Gasteiger partial charge in [-0.3, -0.25) is 9.69 Å². The van der Waals surface area contributed by atoms with Crippen molar-refractivity contribution in [3.8, 4) is 5.69 Å². The molecule has 0 atom stereocenters. The largest absolute Gasteiger partial charge is 0.336 e. The summed E-state index contributed by atoms with van der Waals surface area (Å²) in [6, 6.07) is 13.4. The molecule has 0 spiro atoms. The zero-order valence-corrected chi connectivity index (χ0v) is 15.8. The number of piperazine rings is 1. The molecule has 0 unspecified atom stereocenters. The molecule has 1 amide bonds. The Labute approximate surface area is 166 Å². The van der Waals surface area contributed by atoms with Gasteiger partial charge in [-0.05, 0) is 46.8 Å². The van der Waals surface area contributed by atoms with E-state index in [0.717, 1.165) is 5.69 Å². The highest BCUT2D eigenvalue weighted by molar-refractivity contribution is 6.30. The Kier molecular flexibility index (Phi) is 5.31. The number of aromatic nitrogens is 4. The van der Waals surface area contributed by atoms with Gasteiger partial charge in [0.25, 0.3) is 5.91 Å². The van der Waals surface area contributed by atoms with Crippen LogP contribution in [0.15, 0.2) is 48.5 Å². The van der Waals surface area contributed by atoms with Gasteiger partial charge < -0.3 is 4.90 Å². The van der Waals surface area contributed by atoms with Crippen LogP contribution in [0.4, 0.5) is 4.39 Å². The number of carbonyl (C=O) groups is 1. The maximum atomic E-state index is 13.9. The van der Waals surface area contributed by atoms with Crippen molar-refractivity contribution in [3.05, 3.63) is 70.8 Å². The summed E-state index contributed by atoms with van der Waals surface area (Å²) in [5.74, 6) is -0.0583. The third-order valence-corrected chi connectivity index (χ3v) is 4.99. The molecular weight excluding hydrogens is 383 g/mol. The summed E-state index contributed by atoms with van der Waals surface area (Å²) in [7, 11) is 0. The molecule has 7 nitrogen and oxygen atoms in total. The van der Waals surface area contributed by atoms with Crippen molar-refractivity contribution in [2.45, 2.75) is 6.54 Å². The number of amides is 1. The molecule has 1 aliphatic rings. The average Bonchev–Trinajstić information content (AvgIpc) is 3.17. The number of tetrazole rings is 1. The maximum Gasteiger partial charge on any atom is 0.256 e. The van der Waals surface area contributed by atoms with Crippen LogP contribution in [0.2, 0.25) is 5.02 Å². The number of benzene rings is 2. The second-order valence-corrected chi connectivity index (χ2v) is 6.97. The van der Waals surface area contributed by atoms with Crippen LogP contribution < -0.4 is 0 Å². The Morgan fingerprint density at radius 2 is 1.75 bits per heavy atom. The summed E-state index contributed by atoms with van der Waals surface area (Å²) in [5, 5.41) is 12.6. The van der Waals surface area contributed by atoms with Crippen LogP contribution in [0.3, 0.4) is 0 Å². The second-order valence-electron chi connectivity index (χ2n) is 6.53. The lowest BCUT2D eigenvalue weighted by Crippen LogP contribution is -2.48. The van der Waals surface area contributed by atoms with Crippen molar-refractivity contribution >= 4 is 17.5 Å². The van der Waals surface area contributed by atoms with Crippen LogP contribution in [0.5, 0.6) is 0 Å². The fraction of sp³-hybridized carbons (Fsp3) is 0.263. The molecule has 2 heterocycles. The molecule has 4 rings (SSSR count). The Balaban J connectivity index is 1.39. The van der Waals surface area contributed by atoms with E-state index in [2.05, 4.69) is 20.4 Å². The van der Waals surface area contributed by atoms with E-state index in [9.17, 15) is 9.18 Å². The first kappa shape index (κ1) is 18.5. The first-order valence-electron chi connectivity index (χ1n) is 8.91. The van der Waals surface area contributed by atoms with Crippen molar-refractivity contribution in [1.82, 2.24) is 30.0 Å². The van der Waals surface area contributed by atoms with Crippen molar-refractivity contribution in [3.63, 3.8) is 0 Å². The third-order valence-electron chi connectivity index (χ3n) is 4.73. The zero-order chi connectivity index (χ0) is 19.5. The molecule has 0 N–H and O–H groups in total. The van der Waals surface area contributed by atoms with Gasteiger partial charge in [0.05, 0.1) is 17.8 Å². The number of hydrogen-bond acceptors (Lipinski definition) is 5. The molecule has 1 fully saturated rings. The lowest BCUT2D eigenvalue weighted by Gasteiger charge is -2.34. The van der Waals surface area contributed by atoms with Gasteiger partial charge in [0.1, 0.15) is 5.82 Å².